The Balaban J connectivity index is 1.56. The maximum atomic E-state index is 13.9. The molecule has 0 aliphatic carbocycles. The lowest BCUT2D eigenvalue weighted by molar-refractivity contribution is 0.478. The zero-order chi connectivity index (χ0) is 25.7. The quantitative estimate of drug-likeness (QED) is 0.298. The van der Waals surface area contributed by atoms with E-state index >= 15 is 0 Å². The van der Waals surface area contributed by atoms with Crippen LogP contribution in [0.4, 0.5) is 4.39 Å². The number of aromatic nitrogens is 3. The summed E-state index contributed by atoms with van der Waals surface area (Å²) in [5.74, 6) is 0.549. The van der Waals surface area contributed by atoms with Gasteiger partial charge in [0.25, 0.3) is 10.0 Å². The Bertz CT molecular complexity index is 1810. The van der Waals surface area contributed by atoms with Crippen molar-refractivity contribution in [3.8, 4) is 17.5 Å². The minimum Gasteiger partial charge on any atom is -0.334 e. The lowest BCUT2D eigenvalue weighted by Gasteiger charge is -2.25. The van der Waals surface area contributed by atoms with E-state index < -0.39 is 10.0 Å². The lowest BCUT2D eigenvalue weighted by atomic mass is 9.88. The second kappa shape index (κ2) is 8.71. The predicted octanol–water partition coefficient (Wildman–Crippen LogP) is 5.99. The number of benzene rings is 3. The largest absolute Gasteiger partial charge is 0.334 e. The molecule has 1 aliphatic heterocycles. The van der Waals surface area contributed by atoms with Crippen LogP contribution in [-0.4, -0.2) is 21.9 Å². The number of aryl methyl sites for hydroxylation is 2. The van der Waals surface area contributed by atoms with Crippen molar-refractivity contribution >= 4 is 20.9 Å². The zero-order valence-electron chi connectivity index (χ0n) is 20.1. The molecule has 2 aromatic heterocycles. The van der Waals surface area contributed by atoms with Crippen molar-refractivity contribution in [2.75, 3.05) is 0 Å². The number of hydrogen-bond acceptors (Lipinski definition) is 4. The van der Waals surface area contributed by atoms with Crippen LogP contribution in [0, 0.1) is 24.1 Å². The van der Waals surface area contributed by atoms with Gasteiger partial charge < -0.3 is 4.57 Å². The molecule has 0 N–H and O–H groups in total. The molecule has 0 fully saturated rings. The topological polar surface area (TPSA) is 80.7 Å². The second-order valence-electron chi connectivity index (χ2n) is 9.37. The van der Waals surface area contributed by atoms with E-state index in [-0.39, 0.29) is 16.6 Å². The summed E-state index contributed by atoms with van der Waals surface area (Å²) in [5.41, 5.74) is 3.80. The van der Waals surface area contributed by atoms with Crippen LogP contribution in [0.5, 0.6) is 0 Å². The fraction of sp³-hybridized carbons (Fsp3) is 0.172. The van der Waals surface area contributed by atoms with Gasteiger partial charge >= 0.3 is 0 Å². The fourth-order valence-electron chi connectivity index (χ4n) is 5.33. The second-order valence-corrected chi connectivity index (χ2v) is 11.2. The van der Waals surface area contributed by atoms with Crippen LogP contribution in [0.25, 0.3) is 22.3 Å². The van der Waals surface area contributed by atoms with Gasteiger partial charge in [0.2, 0.25) is 0 Å². The third-order valence-corrected chi connectivity index (χ3v) is 8.79. The van der Waals surface area contributed by atoms with Crippen LogP contribution in [0.3, 0.4) is 0 Å². The highest BCUT2D eigenvalue weighted by Gasteiger charge is 2.29. The Morgan fingerprint density at radius 2 is 1.86 bits per heavy atom. The Morgan fingerprint density at radius 1 is 1.05 bits per heavy atom. The smallest absolute Gasteiger partial charge is 0.268 e. The molecule has 1 atom stereocenters. The predicted molar refractivity (Wildman–Crippen MR) is 139 cm³/mol. The number of halogens is 1. The lowest BCUT2D eigenvalue weighted by Crippen LogP contribution is -2.17. The van der Waals surface area contributed by atoms with Crippen molar-refractivity contribution in [2.24, 2.45) is 0 Å². The molecule has 0 amide bonds. The first kappa shape index (κ1) is 23.2. The van der Waals surface area contributed by atoms with Crippen LogP contribution in [-0.2, 0) is 16.6 Å². The van der Waals surface area contributed by atoms with Crippen molar-refractivity contribution in [1.82, 2.24) is 13.5 Å². The molecule has 0 radical (unpaired) electrons. The first-order chi connectivity index (χ1) is 17.9. The number of fused-ring (bicyclic) bond motifs is 2. The molecular weight excluding hydrogens is 487 g/mol. The summed E-state index contributed by atoms with van der Waals surface area (Å²) in [6, 6.07) is 22.0. The van der Waals surface area contributed by atoms with Gasteiger partial charge in [-0.25, -0.2) is 21.8 Å². The summed E-state index contributed by atoms with van der Waals surface area (Å²) in [7, 11) is -3.96. The van der Waals surface area contributed by atoms with Gasteiger partial charge in [-0.3, -0.25) is 0 Å². The van der Waals surface area contributed by atoms with Gasteiger partial charge in [0.15, 0.2) is 0 Å². The average Bonchev–Trinajstić information content (AvgIpc) is 3.51. The summed E-state index contributed by atoms with van der Waals surface area (Å²) in [4.78, 5) is 5.14. The average molecular weight is 511 g/mol. The molecular formula is C29H23FN4O2S. The van der Waals surface area contributed by atoms with Gasteiger partial charge in [-0.2, -0.15) is 5.26 Å². The molecule has 0 spiro atoms. The molecule has 1 unspecified atom stereocenters. The SMILES string of the molecule is Cc1cc(F)ccc1C1CCCn2cc(-c3cc4cc(C#N)ccc4n3S(=O)(=O)c3ccccc3)nc21. The van der Waals surface area contributed by atoms with E-state index in [1.54, 1.807) is 54.6 Å². The third-order valence-electron chi connectivity index (χ3n) is 7.05. The van der Waals surface area contributed by atoms with Crippen LogP contribution in [0.15, 0.2) is 83.9 Å². The number of imidazole rings is 1. The highest BCUT2D eigenvalue weighted by Crippen LogP contribution is 2.38. The normalized spacial score (nSPS) is 15.4. The molecule has 6 nitrogen and oxygen atoms in total. The van der Waals surface area contributed by atoms with Crippen LogP contribution in [0.1, 0.15) is 41.3 Å². The number of nitrogens with zero attached hydrogens (tertiary/aromatic N) is 4. The molecule has 1 aliphatic rings. The molecule has 5 aromatic rings. The summed E-state index contributed by atoms with van der Waals surface area (Å²) in [6.45, 7) is 2.67. The van der Waals surface area contributed by atoms with E-state index in [9.17, 15) is 18.1 Å². The minimum absolute atomic E-state index is 0.0168. The molecule has 0 bridgehead atoms. The summed E-state index contributed by atoms with van der Waals surface area (Å²) >= 11 is 0. The molecule has 37 heavy (non-hydrogen) atoms. The number of hydrogen-bond donors (Lipinski definition) is 0. The molecule has 8 heteroatoms. The van der Waals surface area contributed by atoms with E-state index in [0.717, 1.165) is 36.3 Å². The monoisotopic (exact) mass is 510 g/mol. The van der Waals surface area contributed by atoms with E-state index in [0.29, 0.717) is 27.9 Å². The third kappa shape index (κ3) is 3.83. The van der Waals surface area contributed by atoms with Gasteiger partial charge in [-0.15, -0.1) is 0 Å². The summed E-state index contributed by atoms with van der Waals surface area (Å²) < 4.78 is 45.0. The van der Waals surface area contributed by atoms with Gasteiger partial charge in [0, 0.05) is 24.0 Å². The van der Waals surface area contributed by atoms with Gasteiger partial charge in [-0.1, -0.05) is 24.3 Å². The van der Waals surface area contributed by atoms with Crippen molar-refractivity contribution < 1.29 is 12.8 Å². The van der Waals surface area contributed by atoms with Crippen molar-refractivity contribution in [1.29, 1.82) is 5.26 Å². The highest BCUT2D eigenvalue weighted by molar-refractivity contribution is 7.90. The molecule has 0 saturated heterocycles. The Kier molecular flexibility index (Phi) is 5.46. The first-order valence-corrected chi connectivity index (χ1v) is 13.5. The van der Waals surface area contributed by atoms with Crippen molar-refractivity contribution in [3.63, 3.8) is 0 Å². The zero-order valence-corrected chi connectivity index (χ0v) is 20.9. The van der Waals surface area contributed by atoms with Gasteiger partial charge in [0.05, 0.1) is 27.7 Å². The summed E-state index contributed by atoms with van der Waals surface area (Å²) in [6.07, 6.45) is 3.71. The van der Waals surface area contributed by atoms with E-state index in [1.807, 2.05) is 19.2 Å². The van der Waals surface area contributed by atoms with Gasteiger partial charge in [-0.05, 0) is 79.4 Å². The minimum atomic E-state index is -3.96. The maximum Gasteiger partial charge on any atom is 0.268 e. The van der Waals surface area contributed by atoms with Crippen LogP contribution >= 0.6 is 0 Å². The van der Waals surface area contributed by atoms with E-state index in [2.05, 4.69) is 10.6 Å². The molecule has 3 aromatic carbocycles. The molecule has 3 heterocycles. The maximum absolute atomic E-state index is 13.9. The van der Waals surface area contributed by atoms with Crippen molar-refractivity contribution in [3.05, 3.63) is 107 Å². The fourth-order valence-corrected chi connectivity index (χ4v) is 6.87. The molecule has 184 valence electrons. The first-order valence-electron chi connectivity index (χ1n) is 12.1. The Morgan fingerprint density at radius 3 is 2.62 bits per heavy atom. The number of rotatable bonds is 4. The van der Waals surface area contributed by atoms with E-state index in [1.165, 1.54) is 16.1 Å². The highest BCUT2D eigenvalue weighted by atomic mass is 32.2. The molecule has 0 saturated carbocycles. The number of nitriles is 1. The standard InChI is InChI=1S/C29H23FN4O2S/c1-19-14-22(30)10-11-24(19)25-8-5-13-33-18-26(32-29(25)33)28-16-21-15-20(17-31)9-12-27(21)34(28)37(35,36)23-6-3-2-4-7-23/h2-4,6-7,9-12,14-16,18,25H,5,8,13H2,1H3. The Labute approximate surface area is 214 Å². The van der Waals surface area contributed by atoms with Crippen LogP contribution in [0.2, 0.25) is 0 Å². The Hall–Kier alpha value is -4.22. The summed E-state index contributed by atoms with van der Waals surface area (Å²) in [5, 5.41) is 10.0. The molecule has 6 rings (SSSR count). The van der Waals surface area contributed by atoms with Crippen LogP contribution < -0.4 is 0 Å². The van der Waals surface area contributed by atoms with E-state index in [4.69, 9.17) is 4.98 Å². The van der Waals surface area contributed by atoms with Crippen molar-refractivity contribution in [2.45, 2.75) is 37.1 Å². The van der Waals surface area contributed by atoms with Gasteiger partial charge in [0.1, 0.15) is 17.3 Å².